The van der Waals surface area contributed by atoms with Crippen LogP contribution in [0.15, 0.2) is 36.5 Å². The summed E-state index contributed by atoms with van der Waals surface area (Å²) in [7, 11) is 0. The van der Waals surface area contributed by atoms with Crippen LogP contribution in [-0.4, -0.2) is 37.2 Å². The molecule has 0 aromatic carbocycles. The zero-order valence-corrected chi connectivity index (χ0v) is 13.8. The van der Waals surface area contributed by atoms with Crippen LogP contribution >= 0.6 is 11.3 Å². The van der Waals surface area contributed by atoms with Crippen molar-refractivity contribution in [3.63, 3.8) is 0 Å². The van der Waals surface area contributed by atoms with E-state index in [2.05, 4.69) is 15.2 Å². The van der Waals surface area contributed by atoms with Gasteiger partial charge in [0.25, 0.3) is 0 Å². The van der Waals surface area contributed by atoms with Gasteiger partial charge in [0.2, 0.25) is 5.91 Å². The summed E-state index contributed by atoms with van der Waals surface area (Å²) < 4.78 is 5.34. The summed E-state index contributed by atoms with van der Waals surface area (Å²) >= 11 is 1.66. The van der Waals surface area contributed by atoms with Crippen molar-refractivity contribution in [1.82, 2.24) is 4.98 Å². The van der Waals surface area contributed by atoms with Crippen molar-refractivity contribution in [3.05, 3.63) is 46.3 Å². The number of nitrogens with one attached hydrogen (secondary N) is 1. The molecule has 1 fully saturated rings. The van der Waals surface area contributed by atoms with Crippen molar-refractivity contribution in [3.8, 4) is 0 Å². The normalized spacial score (nSPS) is 15.1. The fraction of sp³-hybridized carbons (Fsp3) is 0.294. The van der Waals surface area contributed by atoms with E-state index >= 15 is 0 Å². The molecule has 1 saturated heterocycles. The summed E-state index contributed by atoms with van der Waals surface area (Å²) in [6.45, 7) is 5.27. The Morgan fingerprint density at radius 3 is 2.78 bits per heavy atom. The number of thiophene rings is 1. The molecule has 3 rings (SSSR count). The number of rotatable bonds is 4. The van der Waals surface area contributed by atoms with Gasteiger partial charge in [-0.3, -0.25) is 4.79 Å². The van der Waals surface area contributed by atoms with Crippen LogP contribution in [0.3, 0.4) is 0 Å². The molecule has 3 heterocycles. The van der Waals surface area contributed by atoms with E-state index in [1.165, 1.54) is 11.0 Å². The van der Waals surface area contributed by atoms with Crippen LogP contribution in [0, 0.1) is 6.92 Å². The van der Waals surface area contributed by atoms with Crippen molar-refractivity contribution in [2.24, 2.45) is 0 Å². The lowest BCUT2D eigenvalue weighted by atomic mass is 10.3. The van der Waals surface area contributed by atoms with Crippen molar-refractivity contribution in [1.29, 1.82) is 0 Å². The molecule has 1 N–H and O–H groups in total. The van der Waals surface area contributed by atoms with E-state index in [-0.39, 0.29) is 5.91 Å². The number of ether oxygens (including phenoxy) is 1. The first kappa shape index (κ1) is 15.7. The summed E-state index contributed by atoms with van der Waals surface area (Å²) in [5.41, 5.74) is 1.05. The average Bonchev–Trinajstić information content (AvgIpc) is 3.00. The van der Waals surface area contributed by atoms with Crippen molar-refractivity contribution in [2.75, 3.05) is 36.5 Å². The highest BCUT2D eigenvalue weighted by molar-refractivity contribution is 7.12. The number of morpholine rings is 1. The molecule has 1 aliphatic heterocycles. The van der Waals surface area contributed by atoms with Crippen LogP contribution in [0.5, 0.6) is 0 Å². The molecule has 2 aromatic rings. The molecular formula is C17H19N3O2S. The standard InChI is InChI=1S/C17H19N3O2S/c1-13-2-4-15(23-13)5-7-17(21)19-16-6-3-14(12-18-16)20-8-10-22-11-9-20/h2-7,12H,8-11H2,1H3,(H,18,19,21). The Balaban J connectivity index is 1.57. The minimum absolute atomic E-state index is 0.178. The summed E-state index contributed by atoms with van der Waals surface area (Å²) in [4.78, 5) is 20.7. The number of pyridine rings is 1. The Morgan fingerprint density at radius 2 is 2.13 bits per heavy atom. The van der Waals surface area contributed by atoms with E-state index in [1.807, 2.05) is 37.3 Å². The third-order valence-corrected chi connectivity index (χ3v) is 4.50. The molecule has 5 nitrogen and oxygen atoms in total. The van der Waals surface area contributed by atoms with Gasteiger partial charge in [-0.25, -0.2) is 4.98 Å². The quantitative estimate of drug-likeness (QED) is 0.876. The van der Waals surface area contributed by atoms with Gasteiger partial charge in [0.1, 0.15) is 5.82 Å². The number of aromatic nitrogens is 1. The molecule has 2 aromatic heterocycles. The fourth-order valence-corrected chi connectivity index (χ4v) is 3.12. The number of aryl methyl sites for hydroxylation is 1. The lowest BCUT2D eigenvalue weighted by molar-refractivity contribution is -0.111. The van der Waals surface area contributed by atoms with E-state index in [1.54, 1.807) is 17.5 Å². The predicted molar refractivity (Wildman–Crippen MR) is 94.0 cm³/mol. The minimum atomic E-state index is -0.178. The molecular weight excluding hydrogens is 310 g/mol. The Hall–Kier alpha value is -2.18. The topological polar surface area (TPSA) is 54.5 Å². The molecule has 0 spiro atoms. The van der Waals surface area contributed by atoms with Gasteiger partial charge in [-0.15, -0.1) is 11.3 Å². The van der Waals surface area contributed by atoms with Crippen LogP contribution in [0.1, 0.15) is 9.75 Å². The fourth-order valence-electron chi connectivity index (χ4n) is 2.34. The van der Waals surface area contributed by atoms with E-state index in [0.717, 1.165) is 36.9 Å². The number of nitrogens with zero attached hydrogens (tertiary/aromatic N) is 2. The zero-order chi connectivity index (χ0) is 16.1. The predicted octanol–water partition coefficient (Wildman–Crippen LogP) is 2.94. The molecule has 120 valence electrons. The van der Waals surface area contributed by atoms with Gasteiger partial charge in [0.05, 0.1) is 25.1 Å². The molecule has 0 saturated carbocycles. The van der Waals surface area contributed by atoms with Crippen molar-refractivity contribution in [2.45, 2.75) is 6.92 Å². The van der Waals surface area contributed by atoms with Crippen molar-refractivity contribution < 1.29 is 9.53 Å². The molecule has 0 radical (unpaired) electrons. The molecule has 0 bridgehead atoms. The molecule has 1 aliphatic rings. The molecule has 0 atom stereocenters. The highest BCUT2D eigenvalue weighted by atomic mass is 32.1. The lowest BCUT2D eigenvalue weighted by Crippen LogP contribution is -2.36. The smallest absolute Gasteiger partial charge is 0.249 e. The van der Waals surface area contributed by atoms with E-state index in [0.29, 0.717) is 5.82 Å². The Morgan fingerprint density at radius 1 is 1.30 bits per heavy atom. The number of hydrogen-bond acceptors (Lipinski definition) is 5. The van der Waals surface area contributed by atoms with Gasteiger partial charge in [-0.1, -0.05) is 0 Å². The van der Waals surface area contributed by atoms with E-state index in [9.17, 15) is 4.79 Å². The lowest BCUT2D eigenvalue weighted by Gasteiger charge is -2.28. The largest absolute Gasteiger partial charge is 0.378 e. The second-order valence-corrected chi connectivity index (χ2v) is 6.59. The molecule has 0 unspecified atom stereocenters. The number of carbonyl (C=O) groups is 1. The van der Waals surface area contributed by atoms with Gasteiger partial charge in [-0.2, -0.15) is 0 Å². The first-order valence-corrected chi connectivity index (χ1v) is 8.36. The van der Waals surface area contributed by atoms with Gasteiger partial charge in [0.15, 0.2) is 0 Å². The number of carbonyl (C=O) groups excluding carboxylic acids is 1. The SMILES string of the molecule is Cc1ccc(C=CC(=O)Nc2ccc(N3CCOCC3)cn2)s1. The Kier molecular flexibility index (Phi) is 5.05. The van der Waals surface area contributed by atoms with Gasteiger partial charge in [0, 0.05) is 28.9 Å². The molecule has 23 heavy (non-hydrogen) atoms. The first-order chi connectivity index (χ1) is 11.2. The summed E-state index contributed by atoms with van der Waals surface area (Å²) in [5, 5.41) is 2.77. The number of anilines is 2. The van der Waals surface area contributed by atoms with Crippen LogP contribution < -0.4 is 10.2 Å². The second kappa shape index (κ2) is 7.39. The number of hydrogen-bond donors (Lipinski definition) is 1. The van der Waals surface area contributed by atoms with Crippen molar-refractivity contribution >= 4 is 34.8 Å². The van der Waals surface area contributed by atoms with Crippen LogP contribution in [-0.2, 0) is 9.53 Å². The minimum Gasteiger partial charge on any atom is -0.378 e. The Labute approximate surface area is 139 Å². The molecule has 0 aliphatic carbocycles. The van der Waals surface area contributed by atoms with E-state index in [4.69, 9.17) is 4.74 Å². The maximum atomic E-state index is 11.9. The van der Waals surface area contributed by atoms with Gasteiger partial charge in [-0.05, 0) is 37.3 Å². The second-order valence-electron chi connectivity index (χ2n) is 5.27. The summed E-state index contributed by atoms with van der Waals surface area (Å²) in [6, 6.07) is 7.83. The molecule has 1 amide bonds. The van der Waals surface area contributed by atoms with Gasteiger partial charge < -0.3 is 15.0 Å². The monoisotopic (exact) mass is 329 g/mol. The maximum absolute atomic E-state index is 11.9. The number of amides is 1. The Bertz CT molecular complexity index is 688. The highest BCUT2D eigenvalue weighted by Gasteiger charge is 2.11. The average molecular weight is 329 g/mol. The third kappa shape index (κ3) is 4.40. The van der Waals surface area contributed by atoms with E-state index < -0.39 is 0 Å². The molecule has 6 heteroatoms. The van der Waals surface area contributed by atoms with Gasteiger partial charge >= 0.3 is 0 Å². The summed E-state index contributed by atoms with van der Waals surface area (Å²) in [5.74, 6) is 0.377. The summed E-state index contributed by atoms with van der Waals surface area (Å²) in [6.07, 6.45) is 5.13. The van der Waals surface area contributed by atoms with Crippen LogP contribution in [0.2, 0.25) is 0 Å². The maximum Gasteiger partial charge on any atom is 0.249 e. The zero-order valence-electron chi connectivity index (χ0n) is 13.0. The highest BCUT2D eigenvalue weighted by Crippen LogP contribution is 2.18. The van der Waals surface area contributed by atoms with Crippen LogP contribution in [0.25, 0.3) is 6.08 Å². The van der Waals surface area contributed by atoms with Crippen LogP contribution in [0.4, 0.5) is 11.5 Å². The first-order valence-electron chi connectivity index (χ1n) is 7.55. The third-order valence-electron chi connectivity index (χ3n) is 3.54.